The molecule has 0 spiro atoms. The SMILES string of the molecule is CC(=CC(=O)O)c1nnc(-c2ccccc2)n1-c1ccccc1. The monoisotopic (exact) mass is 305 g/mol. The molecule has 1 N–H and O–H groups in total. The first-order valence-corrected chi connectivity index (χ1v) is 7.14. The molecule has 0 saturated heterocycles. The lowest BCUT2D eigenvalue weighted by molar-refractivity contribution is -0.131. The molecular weight excluding hydrogens is 290 g/mol. The Morgan fingerprint density at radius 2 is 1.61 bits per heavy atom. The van der Waals surface area contributed by atoms with Crippen molar-refractivity contribution >= 4 is 11.5 Å². The highest BCUT2D eigenvalue weighted by molar-refractivity contribution is 5.88. The van der Waals surface area contributed by atoms with Crippen molar-refractivity contribution in [2.45, 2.75) is 6.92 Å². The van der Waals surface area contributed by atoms with E-state index in [1.807, 2.05) is 65.2 Å². The summed E-state index contributed by atoms with van der Waals surface area (Å²) in [6.07, 6.45) is 1.14. The third-order valence-electron chi connectivity index (χ3n) is 3.40. The van der Waals surface area contributed by atoms with Gasteiger partial charge in [0.05, 0.1) is 0 Å². The Morgan fingerprint density at radius 1 is 1.00 bits per heavy atom. The van der Waals surface area contributed by atoms with Crippen LogP contribution in [0.2, 0.25) is 0 Å². The van der Waals surface area contributed by atoms with Gasteiger partial charge in [0, 0.05) is 22.9 Å². The van der Waals surface area contributed by atoms with Gasteiger partial charge in [-0.2, -0.15) is 0 Å². The largest absolute Gasteiger partial charge is 0.478 e. The summed E-state index contributed by atoms with van der Waals surface area (Å²) in [5, 5.41) is 17.5. The number of hydrogen-bond acceptors (Lipinski definition) is 3. The fourth-order valence-electron chi connectivity index (χ4n) is 2.39. The van der Waals surface area contributed by atoms with Crippen LogP contribution in [0.15, 0.2) is 66.7 Å². The number of benzene rings is 2. The molecule has 0 aliphatic carbocycles. The number of nitrogens with zero attached hydrogens (tertiary/aromatic N) is 3. The zero-order valence-corrected chi connectivity index (χ0v) is 12.5. The maximum atomic E-state index is 11.0. The first-order chi connectivity index (χ1) is 11.2. The third kappa shape index (κ3) is 3.03. The molecule has 0 unspecified atom stereocenters. The van der Waals surface area contributed by atoms with Crippen LogP contribution in [0.1, 0.15) is 12.7 Å². The molecule has 114 valence electrons. The van der Waals surface area contributed by atoms with Crippen LogP contribution in [0.25, 0.3) is 22.6 Å². The molecule has 0 atom stereocenters. The summed E-state index contributed by atoms with van der Waals surface area (Å²) < 4.78 is 1.87. The van der Waals surface area contributed by atoms with Crippen molar-refractivity contribution in [2.24, 2.45) is 0 Å². The van der Waals surface area contributed by atoms with Gasteiger partial charge in [-0.1, -0.05) is 48.5 Å². The minimum absolute atomic E-state index is 0.512. The smallest absolute Gasteiger partial charge is 0.328 e. The maximum absolute atomic E-state index is 11.0. The van der Waals surface area contributed by atoms with Crippen LogP contribution in [0.5, 0.6) is 0 Å². The van der Waals surface area contributed by atoms with Crippen molar-refractivity contribution in [3.63, 3.8) is 0 Å². The highest BCUT2D eigenvalue weighted by Crippen LogP contribution is 2.25. The molecule has 0 fully saturated rings. The molecule has 3 aromatic rings. The van der Waals surface area contributed by atoms with E-state index in [9.17, 15) is 4.79 Å². The molecule has 0 saturated carbocycles. The minimum Gasteiger partial charge on any atom is -0.478 e. The van der Waals surface area contributed by atoms with Crippen LogP contribution in [-0.2, 0) is 4.79 Å². The van der Waals surface area contributed by atoms with E-state index in [-0.39, 0.29) is 0 Å². The number of carboxylic acid groups (broad SMARTS) is 1. The predicted molar refractivity (Wildman–Crippen MR) is 88.1 cm³/mol. The second-order valence-electron chi connectivity index (χ2n) is 5.05. The summed E-state index contributed by atoms with van der Waals surface area (Å²) in [4.78, 5) is 11.0. The quantitative estimate of drug-likeness (QED) is 0.750. The van der Waals surface area contributed by atoms with Crippen LogP contribution in [0.4, 0.5) is 0 Å². The Balaban J connectivity index is 2.23. The number of allylic oxidation sites excluding steroid dienone is 1. The number of para-hydroxylation sites is 1. The van der Waals surface area contributed by atoms with Gasteiger partial charge in [-0.25, -0.2) is 4.79 Å². The van der Waals surface area contributed by atoms with Crippen molar-refractivity contribution in [3.8, 4) is 17.1 Å². The lowest BCUT2D eigenvalue weighted by atomic mass is 10.2. The fourth-order valence-corrected chi connectivity index (χ4v) is 2.39. The summed E-state index contributed by atoms with van der Waals surface area (Å²) >= 11 is 0. The van der Waals surface area contributed by atoms with Gasteiger partial charge in [0.2, 0.25) is 0 Å². The topological polar surface area (TPSA) is 68.0 Å². The number of rotatable bonds is 4. The summed E-state index contributed by atoms with van der Waals surface area (Å²) in [6.45, 7) is 1.71. The van der Waals surface area contributed by atoms with E-state index >= 15 is 0 Å². The molecule has 3 rings (SSSR count). The maximum Gasteiger partial charge on any atom is 0.328 e. The molecule has 0 aliphatic heterocycles. The number of carbonyl (C=O) groups is 1. The van der Waals surface area contributed by atoms with Crippen LogP contribution in [0, 0.1) is 0 Å². The summed E-state index contributed by atoms with van der Waals surface area (Å²) in [5.74, 6) is 0.175. The molecule has 0 bridgehead atoms. The Kier molecular flexibility index (Phi) is 4.01. The van der Waals surface area contributed by atoms with Crippen molar-refractivity contribution in [3.05, 3.63) is 72.6 Å². The van der Waals surface area contributed by atoms with Crippen LogP contribution in [0.3, 0.4) is 0 Å². The van der Waals surface area contributed by atoms with Crippen LogP contribution in [-0.4, -0.2) is 25.8 Å². The summed E-state index contributed by atoms with van der Waals surface area (Å²) in [7, 11) is 0. The predicted octanol–water partition coefficient (Wildman–Crippen LogP) is 3.42. The van der Waals surface area contributed by atoms with Gasteiger partial charge in [0.15, 0.2) is 11.6 Å². The highest BCUT2D eigenvalue weighted by atomic mass is 16.4. The Bertz CT molecular complexity index is 852. The molecule has 1 aromatic heterocycles. The van der Waals surface area contributed by atoms with Crippen molar-refractivity contribution in [1.29, 1.82) is 0 Å². The third-order valence-corrected chi connectivity index (χ3v) is 3.40. The standard InChI is InChI=1S/C18H15N3O2/c1-13(12-16(22)23)17-19-20-18(14-8-4-2-5-9-14)21(17)15-10-6-3-7-11-15/h2-12H,1H3,(H,22,23). The van der Waals surface area contributed by atoms with Crippen LogP contribution >= 0.6 is 0 Å². The first kappa shape index (κ1) is 14.7. The molecule has 0 radical (unpaired) electrons. The lowest BCUT2D eigenvalue weighted by Crippen LogP contribution is -2.03. The molecule has 23 heavy (non-hydrogen) atoms. The van der Waals surface area contributed by atoms with Gasteiger partial charge < -0.3 is 5.11 Å². The first-order valence-electron chi connectivity index (χ1n) is 7.14. The number of aliphatic carboxylic acids is 1. The fraction of sp³-hybridized carbons (Fsp3) is 0.0556. The number of hydrogen-bond donors (Lipinski definition) is 1. The lowest BCUT2D eigenvalue weighted by Gasteiger charge is -2.10. The summed E-state index contributed by atoms with van der Waals surface area (Å²) in [5.41, 5.74) is 2.33. The molecule has 0 aliphatic rings. The molecule has 1 heterocycles. The molecule has 5 heteroatoms. The minimum atomic E-state index is -1.01. The van der Waals surface area contributed by atoms with E-state index in [0.717, 1.165) is 17.3 Å². The average molecular weight is 305 g/mol. The van der Waals surface area contributed by atoms with E-state index in [4.69, 9.17) is 5.11 Å². The zero-order valence-electron chi connectivity index (χ0n) is 12.5. The normalized spacial score (nSPS) is 11.4. The molecule has 0 amide bonds. The van der Waals surface area contributed by atoms with E-state index in [1.54, 1.807) is 6.92 Å². The molecule has 2 aromatic carbocycles. The molecular formula is C18H15N3O2. The second-order valence-corrected chi connectivity index (χ2v) is 5.05. The summed E-state index contributed by atoms with van der Waals surface area (Å²) in [6, 6.07) is 19.3. The van der Waals surface area contributed by atoms with Crippen LogP contribution < -0.4 is 0 Å². The van der Waals surface area contributed by atoms with E-state index in [2.05, 4.69) is 10.2 Å². The van der Waals surface area contributed by atoms with E-state index in [1.165, 1.54) is 0 Å². The average Bonchev–Trinajstić information content (AvgIpc) is 3.01. The Labute approximate surface area is 133 Å². The Hall–Kier alpha value is -3.21. The van der Waals surface area contributed by atoms with Gasteiger partial charge in [-0.3, -0.25) is 4.57 Å². The number of aromatic nitrogens is 3. The van der Waals surface area contributed by atoms with Gasteiger partial charge in [0.1, 0.15) is 0 Å². The zero-order chi connectivity index (χ0) is 16.2. The second kappa shape index (κ2) is 6.27. The number of carboxylic acids is 1. The van der Waals surface area contributed by atoms with Gasteiger partial charge >= 0.3 is 5.97 Å². The van der Waals surface area contributed by atoms with Crippen molar-refractivity contribution in [1.82, 2.24) is 14.8 Å². The van der Waals surface area contributed by atoms with Crippen molar-refractivity contribution < 1.29 is 9.90 Å². The van der Waals surface area contributed by atoms with E-state index < -0.39 is 5.97 Å². The van der Waals surface area contributed by atoms with Gasteiger partial charge in [-0.05, 0) is 19.1 Å². The van der Waals surface area contributed by atoms with Gasteiger partial charge in [0.25, 0.3) is 0 Å². The molecule has 5 nitrogen and oxygen atoms in total. The van der Waals surface area contributed by atoms with E-state index in [0.29, 0.717) is 17.2 Å². The highest BCUT2D eigenvalue weighted by Gasteiger charge is 2.16. The Morgan fingerprint density at radius 3 is 2.22 bits per heavy atom. The van der Waals surface area contributed by atoms with Gasteiger partial charge in [-0.15, -0.1) is 10.2 Å². The van der Waals surface area contributed by atoms with Crippen molar-refractivity contribution in [2.75, 3.05) is 0 Å².